The van der Waals surface area contributed by atoms with Crippen LogP contribution in [0.5, 0.6) is 5.75 Å². The molecule has 1 fully saturated rings. The van der Waals surface area contributed by atoms with Crippen molar-refractivity contribution in [3.05, 3.63) is 40.2 Å². The number of hydrogen-bond acceptors (Lipinski definition) is 8. The molecule has 2 aromatic rings. The van der Waals surface area contributed by atoms with Gasteiger partial charge in [0, 0.05) is 11.5 Å². The number of aromatic nitrogens is 1. The molecule has 0 aliphatic carbocycles. The third kappa shape index (κ3) is 3.16. The molecule has 0 amide bonds. The van der Waals surface area contributed by atoms with Crippen molar-refractivity contribution in [2.45, 2.75) is 30.7 Å². The van der Waals surface area contributed by atoms with Gasteiger partial charge in [0.15, 0.2) is 5.43 Å². The van der Waals surface area contributed by atoms with E-state index >= 15 is 0 Å². The van der Waals surface area contributed by atoms with Gasteiger partial charge in [-0.2, -0.15) is 0 Å². The third-order valence-corrected chi connectivity index (χ3v) is 4.15. The SMILES string of the molecule is O=C(O)c1cc(=O)c2cccc(OC3O[C@H](CO)[C@@H](O)[C@H](O)[C@H]3O)c2[nH]1. The predicted molar refractivity (Wildman–Crippen MR) is 85.9 cm³/mol. The van der Waals surface area contributed by atoms with Crippen LogP contribution in [0.4, 0.5) is 0 Å². The molecule has 1 unspecified atom stereocenters. The molecule has 1 aliphatic rings. The lowest BCUT2D eigenvalue weighted by atomic mass is 9.99. The first-order valence-corrected chi connectivity index (χ1v) is 7.70. The van der Waals surface area contributed by atoms with Gasteiger partial charge in [-0.15, -0.1) is 0 Å². The molecule has 0 spiro atoms. The summed E-state index contributed by atoms with van der Waals surface area (Å²) in [5.74, 6) is -1.35. The van der Waals surface area contributed by atoms with Crippen LogP contribution in [0.25, 0.3) is 10.9 Å². The number of fused-ring (bicyclic) bond motifs is 1. The first kappa shape index (κ1) is 18.3. The fourth-order valence-corrected chi connectivity index (χ4v) is 2.75. The Labute approximate surface area is 145 Å². The van der Waals surface area contributed by atoms with E-state index in [1.807, 2.05) is 0 Å². The molecule has 1 saturated heterocycles. The molecular formula is C16H17NO9. The number of carboxylic acids is 1. The normalized spacial score (nSPS) is 28.8. The Morgan fingerprint density at radius 3 is 2.58 bits per heavy atom. The molecule has 1 aliphatic heterocycles. The molecular weight excluding hydrogens is 350 g/mol. The molecule has 0 bridgehead atoms. The zero-order valence-corrected chi connectivity index (χ0v) is 13.3. The van der Waals surface area contributed by atoms with Gasteiger partial charge in [0.25, 0.3) is 0 Å². The second kappa shape index (κ2) is 7.02. The quantitative estimate of drug-likeness (QED) is 0.373. The largest absolute Gasteiger partial charge is 0.477 e. The van der Waals surface area contributed by atoms with Gasteiger partial charge in [-0.05, 0) is 12.1 Å². The van der Waals surface area contributed by atoms with E-state index in [9.17, 15) is 30.0 Å². The van der Waals surface area contributed by atoms with Gasteiger partial charge < -0.3 is 40.0 Å². The van der Waals surface area contributed by atoms with Crippen LogP contribution in [0.15, 0.2) is 29.1 Å². The summed E-state index contributed by atoms with van der Waals surface area (Å²) >= 11 is 0. The standard InChI is InChI=1S/C16H17NO9/c18-5-10-12(20)13(21)14(22)16(26-10)25-9-3-1-2-6-8(19)4-7(15(23)24)17-11(6)9/h1-4,10,12-14,16,18,20-22H,5H2,(H,17,19)(H,23,24)/t10-,12-,13+,14-,16?/m1/s1. The van der Waals surface area contributed by atoms with Crippen molar-refractivity contribution in [3.63, 3.8) is 0 Å². The highest BCUT2D eigenvalue weighted by Gasteiger charge is 2.44. The average Bonchev–Trinajstić information content (AvgIpc) is 2.62. The molecule has 3 rings (SSSR count). The van der Waals surface area contributed by atoms with Crippen LogP contribution in [0.3, 0.4) is 0 Å². The number of nitrogens with one attached hydrogen (secondary N) is 1. The summed E-state index contributed by atoms with van der Waals surface area (Å²) in [5, 5.41) is 48.1. The number of benzene rings is 1. The van der Waals surface area contributed by atoms with E-state index in [0.717, 1.165) is 6.07 Å². The second-order valence-corrected chi connectivity index (χ2v) is 5.85. The van der Waals surface area contributed by atoms with Crippen LogP contribution in [-0.4, -0.2) is 73.8 Å². The summed E-state index contributed by atoms with van der Waals surface area (Å²) in [5.41, 5.74) is -0.836. The third-order valence-electron chi connectivity index (χ3n) is 4.15. The van der Waals surface area contributed by atoms with E-state index in [4.69, 9.17) is 14.6 Å². The monoisotopic (exact) mass is 367 g/mol. The Morgan fingerprint density at radius 1 is 1.19 bits per heavy atom. The molecule has 10 heteroatoms. The summed E-state index contributed by atoms with van der Waals surface area (Å²) in [7, 11) is 0. The van der Waals surface area contributed by atoms with Crippen LogP contribution in [0, 0.1) is 0 Å². The number of aliphatic hydroxyl groups excluding tert-OH is 4. The number of aromatic amines is 1. The Hall–Kier alpha value is -2.50. The Balaban J connectivity index is 2.00. The van der Waals surface area contributed by atoms with Crippen molar-refractivity contribution < 1.29 is 39.8 Å². The maximum atomic E-state index is 12.1. The minimum absolute atomic E-state index is 0.00738. The fourth-order valence-electron chi connectivity index (χ4n) is 2.75. The number of aliphatic hydroxyl groups is 4. The smallest absolute Gasteiger partial charge is 0.352 e. The van der Waals surface area contributed by atoms with Gasteiger partial charge in [0.05, 0.1) is 12.1 Å². The summed E-state index contributed by atoms with van der Waals surface area (Å²) < 4.78 is 10.8. The van der Waals surface area contributed by atoms with E-state index in [1.54, 1.807) is 0 Å². The lowest BCUT2D eigenvalue weighted by Crippen LogP contribution is -2.60. The van der Waals surface area contributed by atoms with Crippen LogP contribution < -0.4 is 10.2 Å². The topological polar surface area (TPSA) is 170 Å². The first-order valence-electron chi connectivity index (χ1n) is 7.70. The highest BCUT2D eigenvalue weighted by atomic mass is 16.7. The number of H-pyrrole nitrogens is 1. The molecule has 2 heterocycles. The van der Waals surface area contributed by atoms with Gasteiger partial charge in [0.1, 0.15) is 35.9 Å². The zero-order chi connectivity index (χ0) is 19.0. The molecule has 1 aromatic heterocycles. The number of aromatic carboxylic acids is 1. The number of rotatable bonds is 4. The van der Waals surface area contributed by atoms with Gasteiger partial charge in [-0.25, -0.2) is 4.79 Å². The zero-order valence-electron chi connectivity index (χ0n) is 13.3. The number of pyridine rings is 1. The summed E-state index contributed by atoms with van der Waals surface area (Å²) in [6.45, 7) is -0.625. The fraction of sp³-hybridized carbons (Fsp3) is 0.375. The predicted octanol–water partition coefficient (Wildman–Crippen LogP) is -1.60. The number of carboxylic acid groups (broad SMARTS) is 1. The average molecular weight is 367 g/mol. The molecule has 26 heavy (non-hydrogen) atoms. The van der Waals surface area contributed by atoms with Crippen LogP contribution in [0.2, 0.25) is 0 Å². The molecule has 5 atom stereocenters. The van der Waals surface area contributed by atoms with Crippen molar-refractivity contribution in [2.75, 3.05) is 6.61 Å². The van der Waals surface area contributed by atoms with Gasteiger partial charge in [-0.3, -0.25) is 4.79 Å². The maximum absolute atomic E-state index is 12.1. The van der Waals surface area contributed by atoms with Crippen molar-refractivity contribution in [2.24, 2.45) is 0 Å². The van der Waals surface area contributed by atoms with E-state index in [2.05, 4.69) is 4.98 Å². The van der Waals surface area contributed by atoms with E-state index in [-0.39, 0.29) is 22.3 Å². The number of hydrogen-bond donors (Lipinski definition) is 6. The number of carbonyl (C=O) groups is 1. The Morgan fingerprint density at radius 2 is 1.92 bits per heavy atom. The summed E-state index contributed by atoms with van der Waals surface area (Å²) in [4.78, 5) is 25.8. The van der Waals surface area contributed by atoms with E-state index < -0.39 is 48.7 Å². The lowest BCUT2D eigenvalue weighted by molar-refractivity contribution is -0.277. The molecule has 0 radical (unpaired) electrons. The second-order valence-electron chi connectivity index (χ2n) is 5.85. The van der Waals surface area contributed by atoms with Gasteiger partial charge in [-0.1, -0.05) is 6.07 Å². The molecule has 0 saturated carbocycles. The van der Waals surface area contributed by atoms with Gasteiger partial charge >= 0.3 is 5.97 Å². The van der Waals surface area contributed by atoms with Crippen LogP contribution >= 0.6 is 0 Å². The molecule has 1 aromatic carbocycles. The van der Waals surface area contributed by atoms with E-state index in [1.165, 1.54) is 18.2 Å². The molecule has 6 N–H and O–H groups in total. The number of ether oxygens (including phenoxy) is 2. The highest BCUT2D eigenvalue weighted by Crippen LogP contribution is 2.28. The maximum Gasteiger partial charge on any atom is 0.352 e. The van der Waals surface area contributed by atoms with Gasteiger partial charge in [0.2, 0.25) is 6.29 Å². The number of para-hydroxylation sites is 1. The van der Waals surface area contributed by atoms with Crippen LogP contribution in [0.1, 0.15) is 10.5 Å². The lowest BCUT2D eigenvalue weighted by Gasteiger charge is -2.39. The van der Waals surface area contributed by atoms with Crippen molar-refractivity contribution >= 4 is 16.9 Å². The van der Waals surface area contributed by atoms with Crippen molar-refractivity contribution in [3.8, 4) is 5.75 Å². The van der Waals surface area contributed by atoms with Crippen molar-refractivity contribution in [1.29, 1.82) is 0 Å². The minimum atomic E-state index is -1.64. The first-order chi connectivity index (χ1) is 12.3. The summed E-state index contributed by atoms with van der Waals surface area (Å²) in [6.07, 6.45) is -7.44. The summed E-state index contributed by atoms with van der Waals surface area (Å²) in [6, 6.07) is 5.28. The highest BCUT2D eigenvalue weighted by molar-refractivity contribution is 5.91. The molecule has 140 valence electrons. The minimum Gasteiger partial charge on any atom is -0.477 e. The van der Waals surface area contributed by atoms with Crippen molar-refractivity contribution in [1.82, 2.24) is 4.98 Å². The van der Waals surface area contributed by atoms with Crippen LogP contribution in [-0.2, 0) is 4.74 Å². The Bertz CT molecular complexity index is 878. The Kier molecular flexibility index (Phi) is 4.94. The molecule has 10 nitrogen and oxygen atoms in total. The van der Waals surface area contributed by atoms with E-state index in [0.29, 0.717) is 0 Å².